The van der Waals surface area contributed by atoms with Gasteiger partial charge in [0.25, 0.3) is 0 Å². The minimum Gasteiger partial charge on any atom is -0.380 e. The fraction of sp³-hybridized carbons (Fsp3) is 1.00. The van der Waals surface area contributed by atoms with Gasteiger partial charge in [-0.05, 0) is 37.5 Å². The van der Waals surface area contributed by atoms with Crippen molar-refractivity contribution in [2.45, 2.75) is 31.7 Å². The molecule has 0 aromatic rings. The first-order chi connectivity index (χ1) is 6.43. The third kappa shape index (κ3) is 1.62. The second-order valence-corrected chi connectivity index (χ2v) is 4.88. The summed E-state index contributed by atoms with van der Waals surface area (Å²) < 4.78 is 5.48. The molecule has 2 aliphatic carbocycles. The highest BCUT2D eigenvalue weighted by atomic mass is 16.5. The second kappa shape index (κ2) is 3.25. The van der Waals surface area contributed by atoms with Crippen LogP contribution in [0.3, 0.4) is 0 Å². The Morgan fingerprint density at radius 1 is 0.923 bits per heavy atom. The fourth-order valence-electron chi connectivity index (χ4n) is 3.11. The van der Waals surface area contributed by atoms with Gasteiger partial charge in [-0.15, -0.1) is 0 Å². The standard InChI is InChI=1S/C11H19NO/c1-2-12(3-5-13-4-1)11-7-9-6-10(9)8-11/h9-11H,1-8H2/t9-,10+,11?. The molecule has 0 bridgehead atoms. The summed E-state index contributed by atoms with van der Waals surface area (Å²) in [6, 6.07) is 0.922. The van der Waals surface area contributed by atoms with E-state index in [-0.39, 0.29) is 0 Å². The third-order valence-electron chi connectivity index (χ3n) is 3.99. The molecule has 0 aromatic carbocycles. The van der Waals surface area contributed by atoms with Crippen LogP contribution in [0.1, 0.15) is 25.7 Å². The lowest BCUT2D eigenvalue weighted by molar-refractivity contribution is 0.130. The summed E-state index contributed by atoms with van der Waals surface area (Å²) in [5.41, 5.74) is 0. The molecule has 1 aliphatic heterocycles. The Bertz CT molecular complexity index is 177. The molecule has 1 heterocycles. The number of hydrogen-bond acceptors (Lipinski definition) is 2. The Labute approximate surface area is 80.2 Å². The van der Waals surface area contributed by atoms with Crippen molar-refractivity contribution < 1.29 is 4.74 Å². The van der Waals surface area contributed by atoms with Gasteiger partial charge in [-0.1, -0.05) is 0 Å². The van der Waals surface area contributed by atoms with E-state index in [0.717, 1.165) is 31.1 Å². The molecule has 2 nitrogen and oxygen atoms in total. The van der Waals surface area contributed by atoms with Gasteiger partial charge in [-0.2, -0.15) is 0 Å². The number of rotatable bonds is 1. The molecule has 3 rings (SSSR count). The zero-order chi connectivity index (χ0) is 8.67. The van der Waals surface area contributed by atoms with E-state index in [1.807, 2.05) is 0 Å². The first kappa shape index (κ1) is 8.25. The molecule has 0 amide bonds. The molecule has 3 aliphatic rings. The molecular formula is C11H19NO. The Balaban J connectivity index is 1.57. The summed E-state index contributed by atoms with van der Waals surface area (Å²) >= 11 is 0. The molecule has 3 atom stereocenters. The highest BCUT2D eigenvalue weighted by molar-refractivity contribution is 4.99. The largest absolute Gasteiger partial charge is 0.380 e. The highest BCUT2D eigenvalue weighted by Crippen LogP contribution is 2.53. The molecule has 1 unspecified atom stereocenters. The minimum absolute atomic E-state index is 0.922. The van der Waals surface area contributed by atoms with E-state index in [1.54, 1.807) is 6.42 Å². The van der Waals surface area contributed by atoms with Gasteiger partial charge in [0.15, 0.2) is 0 Å². The smallest absolute Gasteiger partial charge is 0.0593 e. The van der Waals surface area contributed by atoms with Crippen LogP contribution in [0.15, 0.2) is 0 Å². The summed E-state index contributed by atoms with van der Waals surface area (Å²) in [6.07, 6.45) is 5.77. The van der Waals surface area contributed by atoms with Gasteiger partial charge >= 0.3 is 0 Å². The van der Waals surface area contributed by atoms with Gasteiger partial charge < -0.3 is 4.74 Å². The van der Waals surface area contributed by atoms with Crippen LogP contribution in [0.5, 0.6) is 0 Å². The lowest BCUT2D eigenvalue weighted by Crippen LogP contribution is -2.36. The molecule has 0 radical (unpaired) electrons. The lowest BCUT2D eigenvalue weighted by Gasteiger charge is -2.27. The monoisotopic (exact) mass is 181 g/mol. The fourth-order valence-corrected chi connectivity index (χ4v) is 3.11. The molecule has 0 spiro atoms. The van der Waals surface area contributed by atoms with E-state index >= 15 is 0 Å². The van der Waals surface area contributed by atoms with Crippen LogP contribution >= 0.6 is 0 Å². The average molecular weight is 181 g/mol. The SMILES string of the molecule is C1COCCN(C2C[C@@H]3C[C@@H]3C2)C1. The van der Waals surface area contributed by atoms with Crippen molar-refractivity contribution in [3.63, 3.8) is 0 Å². The molecule has 74 valence electrons. The van der Waals surface area contributed by atoms with E-state index in [4.69, 9.17) is 4.74 Å². The number of fused-ring (bicyclic) bond motifs is 1. The molecule has 2 saturated carbocycles. The number of ether oxygens (including phenoxy) is 1. The van der Waals surface area contributed by atoms with E-state index < -0.39 is 0 Å². The Hall–Kier alpha value is -0.0800. The van der Waals surface area contributed by atoms with Gasteiger partial charge in [-0.3, -0.25) is 4.90 Å². The Morgan fingerprint density at radius 3 is 2.62 bits per heavy atom. The van der Waals surface area contributed by atoms with Gasteiger partial charge in [0.05, 0.1) is 6.61 Å². The zero-order valence-corrected chi connectivity index (χ0v) is 8.24. The molecule has 3 fully saturated rings. The zero-order valence-electron chi connectivity index (χ0n) is 8.24. The normalized spacial score (nSPS) is 45.7. The van der Waals surface area contributed by atoms with Crippen LogP contribution in [-0.2, 0) is 4.74 Å². The highest BCUT2D eigenvalue weighted by Gasteiger charge is 2.47. The van der Waals surface area contributed by atoms with Gasteiger partial charge in [0, 0.05) is 25.7 Å². The number of nitrogens with zero attached hydrogens (tertiary/aromatic N) is 1. The first-order valence-corrected chi connectivity index (χ1v) is 5.75. The lowest BCUT2D eigenvalue weighted by atomic mass is 10.1. The van der Waals surface area contributed by atoms with Crippen LogP contribution in [0, 0.1) is 11.8 Å². The van der Waals surface area contributed by atoms with Gasteiger partial charge in [-0.25, -0.2) is 0 Å². The van der Waals surface area contributed by atoms with E-state index in [2.05, 4.69) is 4.90 Å². The summed E-state index contributed by atoms with van der Waals surface area (Å²) in [5, 5.41) is 0. The van der Waals surface area contributed by atoms with Crippen molar-refractivity contribution in [3.8, 4) is 0 Å². The van der Waals surface area contributed by atoms with Crippen LogP contribution in [0.25, 0.3) is 0 Å². The maximum absolute atomic E-state index is 5.48. The van der Waals surface area contributed by atoms with E-state index in [9.17, 15) is 0 Å². The summed E-state index contributed by atoms with van der Waals surface area (Å²) in [6.45, 7) is 4.41. The van der Waals surface area contributed by atoms with Gasteiger partial charge in [0.2, 0.25) is 0 Å². The molecule has 2 heteroatoms. The molecule has 13 heavy (non-hydrogen) atoms. The van der Waals surface area contributed by atoms with Crippen molar-refractivity contribution >= 4 is 0 Å². The Morgan fingerprint density at radius 2 is 1.77 bits per heavy atom. The topological polar surface area (TPSA) is 12.5 Å². The summed E-state index contributed by atoms with van der Waals surface area (Å²) in [5.74, 6) is 2.24. The van der Waals surface area contributed by atoms with Crippen molar-refractivity contribution in [3.05, 3.63) is 0 Å². The molecule has 1 saturated heterocycles. The summed E-state index contributed by atoms with van der Waals surface area (Å²) in [7, 11) is 0. The quantitative estimate of drug-likeness (QED) is 0.608. The van der Waals surface area contributed by atoms with Crippen LogP contribution < -0.4 is 0 Å². The predicted octanol–water partition coefficient (Wildman–Crippen LogP) is 1.51. The predicted molar refractivity (Wildman–Crippen MR) is 51.6 cm³/mol. The van der Waals surface area contributed by atoms with Crippen LogP contribution in [0.2, 0.25) is 0 Å². The summed E-state index contributed by atoms with van der Waals surface area (Å²) in [4.78, 5) is 2.68. The maximum Gasteiger partial charge on any atom is 0.0593 e. The van der Waals surface area contributed by atoms with Crippen molar-refractivity contribution in [1.29, 1.82) is 0 Å². The molecular weight excluding hydrogens is 162 g/mol. The van der Waals surface area contributed by atoms with Crippen LogP contribution in [0.4, 0.5) is 0 Å². The van der Waals surface area contributed by atoms with Gasteiger partial charge in [0.1, 0.15) is 0 Å². The van der Waals surface area contributed by atoms with Crippen LogP contribution in [-0.4, -0.2) is 37.2 Å². The van der Waals surface area contributed by atoms with Crippen molar-refractivity contribution in [2.75, 3.05) is 26.3 Å². The first-order valence-electron chi connectivity index (χ1n) is 5.75. The maximum atomic E-state index is 5.48. The molecule has 0 aromatic heterocycles. The van der Waals surface area contributed by atoms with Crippen molar-refractivity contribution in [2.24, 2.45) is 11.8 Å². The molecule has 0 N–H and O–H groups in total. The average Bonchev–Trinajstić information content (AvgIpc) is 2.85. The minimum atomic E-state index is 0.922. The van der Waals surface area contributed by atoms with Crippen molar-refractivity contribution in [1.82, 2.24) is 4.90 Å². The third-order valence-corrected chi connectivity index (χ3v) is 3.99. The van der Waals surface area contributed by atoms with E-state index in [1.165, 1.54) is 32.4 Å². The second-order valence-electron chi connectivity index (χ2n) is 4.88. The number of hydrogen-bond donors (Lipinski definition) is 0. The van der Waals surface area contributed by atoms with E-state index in [0.29, 0.717) is 0 Å². The Kier molecular flexibility index (Phi) is 2.06.